The van der Waals surface area contributed by atoms with Crippen LogP contribution in [0.1, 0.15) is 5.56 Å². The molecule has 0 aromatic heterocycles. The van der Waals surface area contributed by atoms with Crippen molar-refractivity contribution in [3.63, 3.8) is 0 Å². The maximum Gasteiger partial charge on any atom is 0.331 e. The number of non-ortho nitro benzene ring substituents is 1. The average molecular weight is 341 g/mol. The van der Waals surface area contributed by atoms with Crippen molar-refractivity contribution in [1.29, 1.82) is 0 Å². The molecule has 0 spiro atoms. The lowest BCUT2D eigenvalue weighted by Crippen LogP contribution is -2.41. The Balaban J connectivity index is 1.78. The van der Waals surface area contributed by atoms with Crippen molar-refractivity contribution in [1.82, 2.24) is 0 Å². The van der Waals surface area contributed by atoms with Gasteiger partial charge in [-0.05, 0) is 30.7 Å². The van der Waals surface area contributed by atoms with Crippen LogP contribution in [0, 0.1) is 17.0 Å². The van der Waals surface area contributed by atoms with Gasteiger partial charge in [-0.2, -0.15) is 0 Å². The second-order valence-electron chi connectivity index (χ2n) is 5.66. The van der Waals surface area contributed by atoms with Gasteiger partial charge in [0.1, 0.15) is 6.54 Å². The number of ether oxygens (including phenoxy) is 1. The highest BCUT2D eigenvalue weighted by molar-refractivity contribution is 5.96. The number of carbonyl (C=O) groups excluding carboxylic acids is 2. The summed E-state index contributed by atoms with van der Waals surface area (Å²) >= 11 is 0. The minimum atomic E-state index is -0.573. The number of benzene rings is 2. The van der Waals surface area contributed by atoms with Gasteiger partial charge in [0.25, 0.3) is 5.69 Å². The number of nitrogens with one attached hydrogen (secondary N) is 1. The zero-order valence-corrected chi connectivity index (χ0v) is 13.4. The van der Waals surface area contributed by atoms with E-state index in [1.54, 1.807) is 6.07 Å². The highest BCUT2D eigenvalue weighted by Gasteiger charge is 2.27. The van der Waals surface area contributed by atoms with E-state index in [0.29, 0.717) is 11.4 Å². The Morgan fingerprint density at radius 2 is 2.12 bits per heavy atom. The molecule has 0 bridgehead atoms. The summed E-state index contributed by atoms with van der Waals surface area (Å²) in [5, 5.41) is 13.6. The van der Waals surface area contributed by atoms with Gasteiger partial charge in [-0.3, -0.25) is 14.9 Å². The first-order valence-corrected chi connectivity index (χ1v) is 7.53. The maximum absolute atomic E-state index is 12.3. The van der Waals surface area contributed by atoms with Gasteiger partial charge in [-0.1, -0.05) is 12.1 Å². The van der Waals surface area contributed by atoms with Crippen LogP contribution >= 0.6 is 0 Å². The summed E-state index contributed by atoms with van der Waals surface area (Å²) in [7, 11) is 0. The lowest BCUT2D eigenvalue weighted by atomic mass is 10.2. The minimum absolute atomic E-state index is 0.0755. The van der Waals surface area contributed by atoms with Crippen LogP contribution in [0.2, 0.25) is 0 Å². The molecule has 0 saturated heterocycles. The Kier molecular flexibility index (Phi) is 4.34. The predicted molar refractivity (Wildman–Crippen MR) is 90.8 cm³/mol. The van der Waals surface area contributed by atoms with Crippen LogP contribution in [0.5, 0.6) is 5.75 Å². The van der Waals surface area contributed by atoms with E-state index in [4.69, 9.17) is 4.74 Å². The van der Waals surface area contributed by atoms with Crippen LogP contribution in [0.25, 0.3) is 0 Å². The number of esters is 1. The summed E-state index contributed by atoms with van der Waals surface area (Å²) in [6.45, 7) is 1.74. The van der Waals surface area contributed by atoms with E-state index in [0.717, 1.165) is 5.56 Å². The molecule has 25 heavy (non-hydrogen) atoms. The van der Waals surface area contributed by atoms with Crippen molar-refractivity contribution in [2.24, 2.45) is 0 Å². The molecule has 2 aromatic carbocycles. The van der Waals surface area contributed by atoms with E-state index in [2.05, 4.69) is 5.32 Å². The Hall–Kier alpha value is -3.42. The van der Waals surface area contributed by atoms with Crippen molar-refractivity contribution in [2.75, 3.05) is 23.3 Å². The number of fused-ring (bicyclic) bond motifs is 1. The number of carbonyl (C=O) groups is 2. The third kappa shape index (κ3) is 3.74. The summed E-state index contributed by atoms with van der Waals surface area (Å²) in [6, 6.07) is 11.3. The molecule has 0 unspecified atom stereocenters. The number of hydrogen-bond donors (Lipinski definition) is 1. The summed E-state index contributed by atoms with van der Waals surface area (Å²) in [5.74, 6) is -0.797. The molecule has 2 aromatic rings. The number of anilines is 2. The molecule has 1 heterocycles. The topological polar surface area (TPSA) is 102 Å². The largest absolute Gasteiger partial charge is 0.423 e. The molecule has 0 radical (unpaired) electrons. The number of nitrogens with zero attached hydrogens (tertiary/aromatic N) is 2. The molecule has 1 amide bonds. The van der Waals surface area contributed by atoms with E-state index < -0.39 is 10.9 Å². The Bertz CT molecular complexity index is 865. The Morgan fingerprint density at radius 3 is 2.84 bits per heavy atom. The first kappa shape index (κ1) is 16.4. The molecule has 0 aliphatic carbocycles. The number of rotatable bonds is 4. The second kappa shape index (κ2) is 6.60. The minimum Gasteiger partial charge on any atom is -0.423 e. The summed E-state index contributed by atoms with van der Waals surface area (Å²) in [4.78, 5) is 35.8. The van der Waals surface area contributed by atoms with Crippen LogP contribution in [0.4, 0.5) is 17.1 Å². The van der Waals surface area contributed by atoms with Gasteiger partial charge in [-0.25, -0.2) is 4.79 Å². The van der Waals surface area contributed by atoms with Crippen LogP contribution < -0.4 is 15.0 Å². The van der Waals surface area contributed by atoms with Gasteiger partial charge in [0.2, 0.25) is 5.91 Å². The molecule has 1 aliphatic heterocycles. The maximum atomic E-state index is 12.3. The molecule has 8 heteroatoms. The Labute approximate surface area is 143 Å². The van der Waals surface area contributed by atoms with Gasteiger partial charge in [0.05, 0.1) is 23.2 Å². The van der Waals surface area contributed by atoms with Gasteiger partial charge < -0.3 is 15.0 Å². The quantitative estimate of drug-likeness (QED) is 0.396. The molecule has 8 nitrogen and oxygen atoms in total. The van der Waals surface area contributed by atoms with E-state index in [9.17, 15) is 19.7 Å². The molecule has 1 aliphatic rings. The van der Waals surface area contributed by atoms with Crippen molar-refractivity contribution in [2.45, 2.75) is 6.92 Å². The average Bonchev–Trinajstić information content (AvgIpc) is 2.53. The van der Waals surface area contributed by atoms with Crippen molar-refractivity contribution in [3.05, 3.63) is 58.1 Å². The van der Waals surface area contributed by atoms with E-state index in [-0.39, 0.29) is 30.4 Å². The molecular weight excluding hydrogens is 326 g/mol. The fourth-order valence-electron chi connectivity index (χ4n) is 2.59. The molecule has 3 rings (SSSR count). The second-order valence-corrected chi connectivity index (χ2v) is 5.66. The Morgan fingerprint density at radius 1 is 1.32 bits per heavy atom. The predicted octanol–water partition coefficient (Wildman–Crippen LogP) is 2.27. The van der Waals surface area contributed by atoms with E-state index in [1.807, 2.05) is 25.1 Å². The fraction of sp³-hybridized carbons (Fsp3) is 0.176. The lowest BCUT2D eigenvalue weighted by Gasteiger charge is -2.28. The molecule has 1 N–H and O–H groups in total. The number of nitro groups is 1. The van der Waals surface area contributed by atoms with Crippen LogP contribution in [-0.4, -0.2) is 29.9 Å². The van der Waals surface area contributed by atoms with Crippen LogP contribution in [0.3, 0.4) is 0 Å². The molecule has 128 valence electrons. The highest BCUT2D eigenvalue weighted by Crippen LogP contribution is 2.35. The van der Waals surface area contributed by atoms with Gasteiger partial charge in [0, 0.05) is 11.8 Å². The SMILES string of the molecule is Cc1cccc(NC(=O)CN2CC(=O)Oc3cc([N+](=O)[O-])ccc32)c1. The fourth-order valence-corrected chi connectivity index (χ4v) is 2.59. The van der Waals surface area contributed by atoms with E-state index in [1.165, 1.54) is 23.1 Å². The van der Waals surface area contributed by atoms with E-state index >= 15 is 0 Å². The molecule has 0 saturated carbocycles. The third-order valence-electron chi connectivity index (χ3n) is 3.67. The number of amides is 1. The molecule has 0 fully saturated rings. The summed E-state index contributed by atoms with van der Waals surface area (Å²) < 4.78 is 5.05. The van der Waals surface area contributed by atoms with Gasteiger partial charge in [0.15, 0.2) is 5.75 Å². The lowest BCUT2D eigenvalue weighted by molar-refractivity contribution is -0.384. The standard InChI is InChI=1S/C17H15N3O5/c1-11-3-2-4-12(7-11)18-16(21)9-19-10-17(22)25-15-8-13(20(23)24)5-6-14(15)19/h2-8H,9-10H2,1H3,(H,18,21). The van der Waals surface area contributed by atoms with Crippen molar-refractivity contribution >= 4 is 28.9 Å². The first-order chi connectivity index (χ1) is 11.9. The van der Waals surface area contributed by atoms with Gasteiger partial charge >= 0.3 is 5.97 Å². The zero-order chi connectivity index (χ0) is 18.0. The summed E-state index contributed by atoms with van der Waals surface area (Å²) in [6.07, 6.45) is 0. The van der Waals surface area contributed by atoms with Crippen molar-refractivity contribution in [3.8, 4) is 5.75 Å². The summed E-state index contributed by atoms with van der Waals surface area (Å²) in [5.41, 5.74) is 1.95. The monoisotopic (exact) mass is 341 g/mol. The van der Waals surface area contributed by atoms with Crippen LogP contribution in [0.15, 0.2) is 42.5 Å². The number of aryl methyl sites for hydroxylation is 1. The number of nitro benzene ring substituents is 1. The van der Waals surface area contributed by atoms with Gasteiger partial charge in [-0.15, -0.1) is 0 Å². The number of hydrogen-bond acceptors (Lipinski definition) is 6. The first-order valence-electron chi connectivity index (χ1n) is 7.53. The molecular formula is C17H15N3O5. The zero-order valence-electron chi connectivity index (χ0n) is 13.4. The van der Waals surface area contributed by atoms with Crippen LogP contribution in [-0.2, 0) is 9.59 Å². The highest BCUT2D eigenvalue weighted by atomic mass is 16.6. The normalized spacial score (nSPS) is 13.0. The third-order valence-corrected chi connectivity index (χ3v) is 3.67. The smallest absolute Gasteiger partial charge is 0.331 e. The molecule has 0 atom stereocenters. The van der Waals surface area contributed by atoms with Crippen molar-refractivity contribution < 1.29 is 19.2 Å².